The van der Waals surface area contributed by atoms with Crippen molar-refractivity contribution >= 4 is 11.8 Å². The molecule has 0 unspecified atom stereocenters. The maximum atomic E-state index is 11.7. The second kappa shape index (κ2) is 7.64. The molecule has 0 aliphatic carbocycles. The van der Waals surface area contributed by atoms with Crippen molar-refractivity contribution in [2.75, 3.05) is 19.8 Å². The minimum atomic E-state index is -0.602. The Labute approximate surface area is 124 Å². The van der Waals surface area contributed by atoms with Crippen molar-refractivity contribution in [3.63, 3.8) is 0 Å². The van der Waals surface area contributed by atoms with Gasteiger partial charge in [0.1, 0.15) is 5.75 Å². The van der Waals surface area contributed by atoms with Gasteiger partial charge < -0.3 is 20.9 Å². The number of amides is 2. The third kappa shape index (κ3) is 5.83. The Hall–Kier alpha value is -2.08. The largest absolute Gasteiger partial charge is 0.483 e. The lowest BCUT2D eigenvalue weighted by molar-refractivity contribution is -0.123. The van der Waals surface area contributed by atoms with Gasteiger partial charge in [0.2, 0.25) is 0 Å². The molecule has 0 aliphatic heterocycles. The van der Waals surface area contributed by atoms with E-state index in [2.05, 4.69) is 5.32 Å². The summed E-state index contributed by atoms with van der Waals surface area (Å²) in [6.07, 6.45) is 0.596. The van der Waals surface area contributed by atoms with Crippen LogP contribution < -0.4 is 15.8 Å². The predicted octanol–water partition coefficient (Wildman–Crippen LogP) is 0.689. The van der Waals surface area contributed by atoms with Crippen molar-refractivity contribution in [3.8, 4) is 5.75 Å². The summed E-state index contributed by atoms with van der Waals surface area (Å²) in [6, 6.07) is 6.50. The number of hydrogen-bond donors (Lipinski definition) is 3. The lowest BCUT2D eigenvalue weighted by Gasteiger charge is -2.23. The van der Waals surface area contributed by atoms with Crippen molar-refractivity contribution in [3.05, 3.63) is 29.8 Å². The summed E-state index contributed by atoms with van der Waals surface area (Å²) in [5, 5.41) is 11.7. The average Bonchev–Trinajstić information content (AvgIpc) is 2.43. The van der Waals surface area contributed by atoms with E-state index in [1.807, 2.05) is 13.8 Å². The zero-order valence-corrected chi connectivity index (χ0v) is 12.4. The second-order valence-electron chi connectivity index (χ2n) is 5.56. The zero-order chi connectivity index (χ0) is 15.9. The van der Waals surface area contributed by atoms with Crippen LogP contribution >= 0.6 is 0 Å². The summed E-state index contributed by atoms with van der Waals surface area (Å²) in [6.45, 7) is 4.22. The van der Waals surface area contributed by atoms with E-state index in [0.29, 0.717) is 13.0 Å². The molecule has 6 nitrogen and oxygen atoms in total. The number of benzene rings is 1. The molecule has 0 fully saturated rings. The van der Waals surface area contributed by atoms with Gasteiger partial charge in [-0.25, -0.2) is 0 Å². The number of ether oxygens (including phenoxy) is 1. The number of hydrogen-bond acceptors (Lipinski definition) is 4. The van der Waals surface area contributed by atoms with Crippen LogP contribution in [0.25, 0.3) is 0 Å². The molecular weight excluding hydrogens is 272 g/mol. The summed E-state index contributed by atoms with van der Waals surface area (Å²) in [5.41, 5.74) is 5.28. The molecule has 1 rings (SSSR count). The number of nitrogens with one attached hydrogen (secondary N) is 1. The maximum Gasteiger partial charge on any atom is 0.257 e. The van der Waals surface area contributed by atoms with Gasteiger partial charge in [0.05, 0.1) is 5.56 Å². The van der Waals surface area contributed by atoms with E-state index in [9.17, 15) is 9.59 Å². The van der Waals surface area contributed by atoms with Gasteiger partial charge >= 0.3 is 0 Å². The molecule has 0 spiro atoms. The molecule has 0 heterocycles. The van der Waals surface area contributed by atoms with Gasteiger partial charge in [-0.2, -0.15) is 0 Å². The fourth-order valence-corrected chi connectivity index (χ4v) is 1.72. The Morgan fingerprint density at radius 2 is 2.00 bits per heavy atom. The van der Waals surface area contributed by atoms with Crippen LogP contribution in [0.5, 0.6) is 5.75 Å². The Morgan fingerprint density at radius 1 is 1.33 bits per heavy atom. The molecule has 21 heavy (non-hydrogen) atoms. The summed E-state index contributed by atoms with van der Waals surface area (Å²) in [7, 11) is 0. The first-order valence-corrected chi connectivity index (χ1v) is 6.75. The predicted molar refractivity (Wildman–Crippen MR) is 78.9 cm³/mol. The summed E-state index contributed by atoms with van der Waals surface area (Å²) in [4.78, 5) is 22.9. The van der Waals surface area contributed by atoms with Crippen molar-refractivity contribution in [2.24, 2.45) is 11.1 Å². The molecule has 0 atom stereocenters. The summed E-state index contributed by atoms with van der Waals surface area (Å²) in [5.74, 6) is -0.606. The van der Waals surface area contributed by atoms with Gasteiger partial charge in [-0.05, 0) is 24.0 Å². The number of primary amides is 1. The second-order valence-corrected chi connectivity index (χ2v) is 5.56. The quantitative estimate of drug-likeness (QED) is 0.656. The molecule has 0 saturated carbocycles. The number of aliphatic hydroxyl groups excluding tert-OH is 1. The molecular formula is C15H22N2O4. The first-order valence-electron chi connectivity index (χ1n) is 6.75. The highest BCUT2D eigenvalue weighted by atomic mass is 16.5. The van der Waals surface area contributed by atoms with E-state index >= 15 is 0 Å². The molecule has 6 heteroatoms. The monoisotopic (exact) mass is 294 g/mol. The lowest BCUT2D eigenvalue weighted by Crippen LogP contribution is -2.37. The SMILES string of the molecule is CC(C)(CCO)CNC(=O)COc1ccccc1C(N)=O. The zero-order valence-electron chi connectivity index (χ0n) is 12.4. The number of carbonyl (C=O) groups is 2. The molecule has 4 N–H and O–H groups in total. The molecule has 1 aromatic carbocycles. The summed E-state index contributed by atoms with van der Waals surface area (Å²) < 4.78 is 5.32. The molecule has 0 aliphatic rings. The average molecular weight is 294 g/mol. The Kier molecular flexibility index (Phi) is 6.17. The number of carbonyl (C=O) groups excluding carboxylic acids is 2. The third-order valence-electron chi connectivity index (χ3n) is 3.06. The smallest absolute Gasteiger partial charge is 0.257 e. The molecule has 0 bridgehead atoms. The van der Waals surface area contributed by atoms with E-state index < -0.39 is 5.91 Å². The fraction of sp³-hybridized carbons (Fsp3) is 0.467. The van der Waals surface area contributed by atoms with Crippen LogP contribution in [0.15, 0.2) is 24.3 Å². The van der Waals surface area contributed by atoms with Crippen LogP contribution in [0.2, 0.25) is 0 Å². The molecule has 0 aromatic heterocycles. The normalized spacial score (nSPS) is 11.0. The van der Waals surface area contributed by atoms with Crippen molar-refractivity contribution in [2.45, 2.75) is 20.3 Å². The number of rotatable bonds is 8. The summed E-state index contributed by atoms with van der Waals surface area (Å²) >= 11 is 0. The maximum absolute atomic E-state index is 11.7. The molecule has 0 radical (unpaired) electrons. The van der Waals surface area contributed by atoms with E-state index in [1.54, 1.807) is 24.3 Å². The van der Waals surface area contributed by atoms with Gasteiger partial charge in [-0.3, -0.25) is 9.59 Å². The minimum Gasteiger partial charge on any atom is -0.483 e. The van der Waals surface area contributed by atoms with Gasteiger partial charge in [-0.15, -0.1) is 0 Å². The standard InChI is InChI=1S/C15H22N2O4/c1-15(2,7-8-18)10-17-13(19)9-21-12-6-4-3-5-11(12)14(16)20/h3-6,18H,7-10H2,1-2H3,(H2,16,20)(H,17,19). The molecule has 0 saturated heterocycles. The van der Waals surface area contributed by atoms with Crippen molar-refractivity contribution in [1.82, 2.24) is 5.32 Å². The Morgan fingerprint density at radius 3 is 2.62 bits per heavy atom. The van der Waals surface area contributed by atoms with Gasteiger partial charge in [0.25, 0.3) is 11.8 Å². The van der Waals surface area contributed by atoms with E-state index in [0.717, 1.165) is 0 Å². The van der Waals surface area contributed by atoms with E-state index in [1.165, 1.54) is 0 Å². The topological polar surface area (TPSA) is 102 Å². The fourth-order valence-electron chi connectivity index (χ4n) is 1.72. The first kappa shape index (κ1) is 17.0. The molecule has 1 aromatic rings. The lowest BCUT2D eigenvalue weighted by atomic mass is 9.90. The highest BCUT2D eigenvalue weighted by molar-refractivity contribution is 5.95. The van der Waals surface area contributed by atoms with Crippen molar-refractivity contribution < 1.29 is 19.4 Å². The van der Waals surface area contributed by atoms with Gasteiger partial charge in [0.15, 0.2) is 6.61 Å². The van der Waals surface area contributed by atoms with Crippen LogP contribution in [0.3, 0.4) is 0 Å². The number of para-hydroxylation sites is 1. The third-order valence-corrected chi connectivity index (χ3v) is 3.06. The van der Waals surface area contributed by atoms with Gasteiger partial charge in [0, 0.05) is 13.2 Å². The van der Waals surface area contributed by atoms with Crippen LogP contribution in [-0.4, -0.2) is 36.7 Å². The van der Waals surface area contributed by atoms with Gasteiger partial charge in [-0.1, -0.05) is 26.0 Å². The highest BCUT2D eigenvalue weighted by Gasteiger charge is 2.18. The van der Waals surface area contributed by atoms with Crippen LogP contribution in [-0.2, 0) is 4.79 Å². The number of nitrogens with two attached hydrogens (primary N) is 1. The Bertz CT molecular complexity index is 500. The van der Waals surface area contributed by atoms with E-state index in [4.69, 9.17) is 15.6 Å². The number of aliphatic hydroxyl groups is 1. The van der Waals surface area contributed by atoms with E-state index in [-0.39, 0.29) is 35.8 Å². The molecule has 2 amide bonds. The molecule has 116 valence electrons. The van der Waals surface area contributed by atoms with Crippen LogP contribution in [0, 0.1) is 5.41 Å². The van der Waals surface area contributed by atoms with Crippen LogP contribution in [0.4, 0.5) is 0 Å². The highest BCUT2D eigenvalue weighted by Crippen LogP contribution is 2.18. The first-order chi connectivity index (χ1) is 9.85. The Balaban J connectivity index is 2.49. The van der Waals surface area contributed by atoms with Crippen LogP contribution in [0.1, 0.15) is 30.6 Å². The minimum absolute atomic E-state index is 0.0748. The van der Waals surface area contributed by atoms with Crippen molar-refractivity contribution in [1.29, 1.82) is 0 Å².